The third-order valence-corrected chi connectivity index (χ3v) is 7.26. The smallest absolute Gasteiger partial charge is 0.335 e. The number of aromatic amines is 1. The topological polar surface area (TPSA) is 117 Å². The Kier molecular flexibility index (Phi) is 4.60. The fourth-order valence-electron chi connectivity index (χ4n) is 6.32. The number of aromatic hydroxyl groups is 1. The number of nitrogens with one attached hydrogen (secondary N) is 2. The number of hydrogen-bond donors (Lipinski definition) is 3. The Morgan fingerprint density at radius 1 is 1.19 bits per heavy atom. The molecule has 0 unspecified atom stereocenters. The van der Waals surface area contributed by atoms with Gasteiger partial charge in [-0.3, -0.25) is 14.6 Å². The third kappa shape index (κ3) is 3.40. The number of nitrogens with zero attached hydrogens (tertiary/aromatic N) is 2. The zero-order chi connectivity index (χ0) is 21.8. The van der Waals surface area contributed by atoms with E-state index in [2.05, 4.69) is 15.5 Å². The minimum atomic E-state index is -0.765. The highest BCUT2D eigenvalue weighted by atomic mass is 16.3. The summed E-state index contributed by atoms with van der Waals surface area (Å²) in [5.74, 6) is 1.26. The number of amides is 1. The highest BCUT2D eigenvalue weighted by molar-refractivity contribution is 5.86. The molecule has 4 saturated carbocycles. The van der Waals surface area contributed by atoms with Gasteiger partial charge in [0.15, 0.2) is 0 Å². The number of rotatable bonds is 4. The Morgan fingerprint density at radius 3 is 2.45 bits per heavy atom. The molecule has 8 nitrogen and oxygen atoms in total. The van der Waals surface area contributed by atoms with Crippen LogP contribution >= 0.6 is 0 Å². The summed E-state index contributed by atoms with van der Waals surface area (Å²) in [5.41, 5.74) is 1.86. The quantitative estimate of drug-likeness (QED) is 0.517. The van der Waals surface area contributed by atoms with Crippen molar-refractivity contribution < 1.29 is 9.90 Å². The Hall–Kier alpha value is -3.16. The van der Waals surface area contributed by atoms with Crippen LogP contribution in [0.1, 0.15) is 49.7 Å². The van der Waals surface area contributed by atoms with E-state index < -0.39 is 17.1 Å². The molecule has 6 rings (SSSR count). The summed E-state index contributed by atoms with van der Waals surface area (Å²) in [7, 11) is 0. The number of hydrogen-bond acceptors (Lipinski definition) is 5. The Morgan fingerprint density at radius 2 is 1.84 bits per heavy atom. The molecule has 4 aliphatic carbocycles. The van der Waals surface area contributed by atoms with E-state index in [4.69, 9.17) is 0 Å². The Labute approximate surface area is 179 Å². The van der Waals surface area contributed by atoms with E-state index in [1.54, 1.807) is 18.2 Å². The highest BCUT2D eigenvalue weighted by Crippen LogP contribution is 2.60. The van der Waals surface area contributed by atoms with Crippen molar-refractivity contribution in [2.45, 2.75) is 45.4 Å². The van der Waals surface area contributed by atoms with Crippen molar-refractivity contribution in [1.82, 2.24) is 15.0 Å². The lowest BCUT2D eigenvalue weighted by Crippen LogP contribution is -2.52. The van der Waals surface area contributed by atoms with Crippen molar-refractivity contribution in [2.75, 3.05) is 0 Å². The van der Waals surface area contributed by atoms with Gasteiger partial charge in [0.1, 0.15) is 5.56 Å². The fraction of sp³-hybridized carbons (Fsp3) is 0.478. The van der Waals surface area contributed by atoms with E-state index in [1.165, 1.54) is 19.3 Å². The zero-order valence-electron chi connectivity index (χ0n) is 17.4. The number of aryl methyl sites for hydroxylation is 1. The first kappa shape index (κ1) is 19.8. The van der Waals surface area contributed by atoms with Crippen LogP contribution in [-0.4, -0.2) is 26.8 Å². The van der Waals surface area contributed by atoms with Gasteiger partial charge in [0.25, 0.3) is 5.56 Å². The van der Waals surface area contributed by atoms with Crippen LogP contribution in [0.3, 0.4) is 0 Å². The van der Waals surface area contributed by atoms with Gasteiger partial charge in [0.05, 0.1) is 17.3 Å². The zero-order valence-corrected chi connectivity index (χ0v) is 17.4. The lowest BCUT2D eigenvalue weighted by Gasteiger charge is -2.55. The molecule has 0 radical (unpaired) electrons. The SMILES string of the molecule is Cc1cccc(-n2c(O)c(C=NNC(=O)C34CC5CC(CC(C5)C3)C4)c(=O)[nH]c2=O)c1. The van der Waals surface area contributed by atoms with E-state index in [0.717, 1.165) is 35.6 Å². The monoisotopic (exact) mass is 422 g/mol. The minimum absolute atomic E-state index is 0.106. The molecular weight excluding hydrogens is 396 g/mol. The van der Waals surface area contributed by atoms with Gasteiger partial charge in [-0.1, -0.05) is 12.1 Å². The molecule has 0 saturated heterocycles. The third-order valence-electron chi connectivity index (χ3n) is 7.26. The molecule has 0 spiro atoms. The summed E-state index contributed by atoms with van der Waals surface area (Å²) in [6.45, 7) is 1.86. The van der Waals surface area contributed by atoms with Crippen molar-refractivity contribution in [3.05, 3.63) is 56.2 Å². The van der Waals surface area contributed by atoms with Crippen LogP contribution in [-0.2, 0) is 4.79 Å². The summed E-state index contributed by atoms with van der Waals surface area (Å²) in [5, 5.41) is 14.6. The van der Waals surface area contributed by atoms with Crippen molar-refractivity contribution >= 4 is 12.1 Å². The fourth-order valence-corrected chi connectivity index (χ4v) is 6.32. The lowest BCUT2D eigenvalue weighted by molar-refractivity contribution is -0.146. The van der Waals surface area contributed by atoms with Gasteiger partial charge in [-0.05, 0) is 80.9 Å². The summed E-state index contributed by atoms with van der Waals surface area (Å²) in [6, 6.07) is 6.98. The highest BCUT2D eigenvalue weighted by Gasteiger charge is 2.54. The van der Waals surface area contributed by atoms with Gasteiger partial charge in [-0.2, -0.15) is 5.10 Å². The number of H-pyrrole nitrogens is 1. The molecule has 3 N–H and O–H groups in total. The van der Waals surface area contributed by atoms with Gasteiger partial charge < -0.3 is 5.11 Å². The normalized spacial score (nSPS) is 28.9. The Bertz CT molecular complexity index is 1160. The molecule has 8 heteroatoms. The first-order chi connectivity index (χ1) is 14.8. The van der Waals surface area contributed by atoms with Crippen LogP contribution in [0.15, 0.2) is 39.0 Å². The standard InChI is InChI=1S/C23H26N4O4/c1-13-3-2-4-17(5-13)27-20(29)18(19(28)25-22(27)31)12-24-26-21(30)23-9-14-6-15(10-23)8-16(7-14)11-23/h2-5,12,14-16,29H,6-11H2,1H3,(H,26,30)(H,25,28,31). The van der Waals surface area contributed by atoms with Crippen molar-refractivity contribution in [3.8, 4) is 11.6 Å². The van der Waals surface area contributed by atoms with Crippen LogP contribution in [0.5, 0.6) is 5.88 Å². The predicted octanol–water partition coefficient (Wildman–Crippen LogP) is 2.21. The van der Waals surface area contributed by atoms with Crippen LogP contribution in [0.4, 0.5) is 0 Å². The number of carbonyl (C=O) groups excluding carboxylic acids is 1. The predicted molar refractivity (Wildman–Crippen MR) is 115 cm³/mol. The first-order valence-corrected chi connectivity index (χ1v) is 10.8. The van der Waals surface area contributed by atoms with Crippen molar-refractivity contribution in [2.24, 2.45) is 28.3 Å². The summed E-state index contributed by atoms with van der Waals surface area (Å²) in [6.07, 6.45) is 7.54. The molecule has 1 heterocycles. The largest absolute Gasteiger partial charge is 0.493 e. The van der Waals surface area contributed by atoms with Crippen LogP contribution in [0, 0.1) is 30.1 Å². The molecule has 4 fully saturated rings. The molecule has 1 amide bonds. The number of benzene rings is 1. The van der Waals surface area contributed by atoms with Gasteiger partial charge in [0, 0.05) is 0 Å². The molecule has 0 atom stereocenters. The molecule has 31 heavy (non-hydrogen) atoms. The van der Waals surface area contributed by atoms with Crippen LogP contribution in [0.25, 0.3) is 5.69 Å². The van der Waals surface area contributed by atoms with E-state index in [1.807, 2.05) is 13.0 Å². The van der Waals surface area contributed by atoms with E-state index in [-0.39, 0.29) is 16.9 Å². The van der Waals surface area contributed by atoms with Crippen molar-refractivity contribution in [3.63, 3.8) is 0 Å². The number of aromatic nitrogens is 2. The van der Waals surface area contributed by atoms with Gasteiger partial charge >= 0.3 is 5.69 Å². The second-order valence-electron chi connectivity index (χ2n) is 9.57. The average molecular weight is 422 g/mol. The number of carbonyl (C=O) groups is 1. The molecule has 4 bridgehead atoms. The van der Waals surface area contributed by atoms with Crippen LogP contribution in [0.2, 0.25) is 0 Å². The first-order valence-electron chi connectivity index (χ1n) is 10.8. The van der Waals surface area contributed by atoms with Crippen molar-refractivity contribution in [1.29, 1.82) is 0 Å². The van der Waals surface area contributed by atoms with Gasteiger partial charge in [-0.15, -0.1) is 0 Å². The summed E-state index contributed by atoms with van der Waals surface area (Å²) >= 11 is 0. The maximum atomic E-state index is 13.0. The van der Waals surface area contributed by atoms with E-state index in [0.29, 0.717) is 23.4 Å². The molecule has 1 aromatic carbocycles. The lowest BCUT2D eigenvalue weighted by atomic mass is 9.49. The molecule has 1 aromatic heterocycles. The number of hydrazone groups is 1. The molecule has 0 aliphatic heterocycles. The molecule has 4 aliphatic rings. The maximum absolute atomic E-state index is 13.0. The minimum Gasteiger partial charge on any atom is -0.493 e. The summed E-state index contributed by atoms with van der Waals surface area (Å²) in [4.78, 5) is 39.8. The maximum Gasteiger partial charge on any atom is 0.335 e. The van der Waals surface area contributed by atoms with Crippen LogP contribution < -0.4 is 16.7 Å². The molecule has 162 valence electrons. The van der Waals surface area contributed by atoms with E-state index >= 15 is 0 Å². The average Bonchev–Trinajstić information content (AvgIpc) is 2.69. The van der Waals surface area contributed by atoms with E-state index in [9.17, 15) is 19.5 Å². The second-order valence-corrected chi connectivity index (χ2v) is 9.57. The molecular formula is C23H26N4O4. The summed E-state index contributed by atoms with van der Waals surface area (Å²) < 4.78 is 1.01. The Balaban J connectivity index is 1.40. The van der Waals surface area contributed by atoms with Gasteiger partial charge in [-0.25, -0.2) is 14.8 Å². The van der Waals surface area contributed by atoms with Gasteiger partial charge in [0.2, 0.25) is 11.8 Å². The second kappa shape index (κ2) is 7.21. The molecule has 2 aromatic rings.